The molecule has 36 heavy (non-hydrogen) atoms. The van der Waals surface area contributed by atoms with E-state index in [0.717, 1.165) is 16.4 Å². The molecule has 1 aromatic heterocycles. The number of halogens is 3. The molecular formula is C26H27F3N4O3. The first-order chi connectivity index (χ1) is 17.2. The molecule has 0 aliphatic carbocycles. The molecule has 7 nitrogen and oxygen atoms in total. The van der Waals surface area contributed by atoms with Gasteiger partial charge in [0.05, 0.1) is 17.4 Å². The summed E-state index contributed by atoms with van der Waals surface area (Å²) in [6.07, 6.45) is -3.41. The van der Waals surface area contributed by atoms with E-state index in [2.05, 4.69) is 10.4 Å². The maximum Gasteiger partial charge on any atom is 0.435 e. The second-order valence-electron chi connectivity index (χ2n) is 8.74. The Morgan fingerprint density at radius 2 is 1.72 bits per heavy atom. The van der Waals surface area contributed by atoms with Gasteiger partial charge in [0.2, 0.25) is 5.91 Å². The zero-order valence-corrected chi connectivity index (χ0v) is 19.5. The standard InChI is InChI=1S/C26H27F3N4O3/c27-26(28,29)24-21(16-33(31-24)19-10-5-2-6-11-19)25(36)30-14-7-12-23(35)32-15-13-20(22(34)17-32)18-8-3-1-4-9-18/h1-6,8-11,16,20,22,34H,7,12-15,17H2,(H,30,36). The molecule has 190 valence electrons. The molecule has 3 aromatic rings. The number of piperidine rings is 1. The number of hydrogen-bond acceptors (Lipinski definition) is 4. The van der Waals surface area contributed by atoms with Crippen LogP contribution in [0.1, 0.15) is 46.8 Å². The number of likely N-dealkylation sites (tertiary alicyclic amines) is 1. The number of aliphatic hydroxyl groups excluding tert-OH is 1. The quantitative estimate of drug-likeness (QED) is 0.484. The molecule has 1 fully saturated rings. The lowest BCUT2D eigenvalue weighted by Crippen LogP contribution is -2.45. The Morgan fingerprint density at radius 3 is 2.36 bits per heavy atom. The Balaban J connectivity index is 1.29. The lowest BCUT2D eigenvalue weighted by Gasteiger charge is -2.36. The molecule has 1 aliphatic heterocycles. The van der Waals surface area contributed by atoms with Gasteiger partial charge < -0.3 is 15.3 Å². The first kappa shape index (κ1) is 25.4. The maximum atomic E-state index is 13.5. The summed E-state index contributed by atoms with van der Waals surface area (Å²) in [7, 11) is 0. The van der Waals surface area contributed by atoms with Crippen molar-refractivity contribution in [2.75, 3.05) is 19.6 Å². The Hall–Kier alpha value is -3.66. The highest BCUT2D eigenvalue weighted by molar-refractivity contribution is 5.95. The number of amides is 2. The first-order valence-electron chi connectivity index (χ1n) is 11.8. The molecule has 4 rings (SSSR count). The first-order valence-corrected chi connectivity index (χ1v) is 11.8. The third-order valence-corrected chi connectivity index (χ3v) is 6.26. The maximum absolute atomic E-state index is 13.5. The van der Waals surface area contributed by atoms with Gasteiger partial charge in [-0.3, -0.25) is 9.59 Å². The number of benzene rings is 2. The summed E-state index contributed by atoms with van der Waals surface area (Å²) in [6.45, 7) is 0.759. The zero-order valence-electron chi connectivity index (χ0n) is 19.5. The largest absolute Gasteiger partial charge is 0.435 e. The fourth-order valence-corrected chi connectivity index (χ4v) is 4.40. The van der Waals surface area contributed by atoms with Crippen LogP contribution in [0, 0.1) is 0 Å². The van der Waals surface area contributed by atoms with Gasteiger partial charge in [-0.05, 0) is 30.5 Å². The van der Waals surface area contributed by atoms with Gasteiger partial charge in [-0.1, -0.05) is 48.5 Å². The van der Waals surface area contributed by atoms with E-state index in [9.17, 15) is 27.9 Å². The third-order valence-electron chi connectivity index (χ3n) is 6.26. The van der Waals surface area contributed by atoms with Crippen molar-refractivity contribution in [3.05, 3.63) is 83.7 Å². The van der Waals surface area contributed by atoms with Crippen molar-refractivity contribution in [3.63, 3.8) is 0 Å². The minimum Gasteiger partial charge on any atom is -0.391 e. The smallest absolute Gasteiger partial charge is 0.391 e. The van der Waals surface area contributed by atoms with Gasteiger partial charge in [0.15, 0.2) is 5.69 Å². The Morgan fingerprint density at radius 1 is 1.06 bits per heavy atom. The number of aliphatic hydroxyl groups is 1. The molecule has 2 heterocycles. The van der Waals surface area contributed by atoms with Crippen LogP contribution in [0.2, 0.25) is 0 Å². The summed E-state index contributed by atoms with van der Waals surface area (Å²) >= 11 is 0. The number of carbonyl (C=O) groups excluding carboxylic acids is 2. The van der Waals surface area contributed by atoms with Crippen molar-refractivity contribution in [3.8, 4) is 5.69 Å². The van der Waals surface area contributed by atoms with E-state index < -0.39 is 29.4 Å². The van der Waals surface area contributed by atoms with Gasteiger partial charge in [0.1, 0.15) is 0 Å². The molecule has 2 unspecified atom stereocenters. The Labute approximate surface area is 206 Å². The summed E-state index contributed by atoms with van der Waals surface area (Å²) in [6, 6.07) is 17.9. The van der Waals surface area contributed by atoms with Crippen LogP contribution in [0.4, 0.5) is 13.2 Å². The fraction of sp³-hybridized carbons (Fsp3) is 0.346. The molecule has 1 aliphatic rings. The van der Waals surface area contributed by atoms with Gasteiger partial charge in [0.25, 0.3) is 5.91 Å². The predicted octanol–water partition coefficient (Wildman–Crippen LogP) is 3.78. The molecule has 2 atom stereocenters. The van der Waals surface area contributed by atoms with E-state index >= 15 is 0 Å². The Bertz CT molecular complexity index is 1180. The molecule has 2 N–H and O–H groups in total. The highest BCUT2D eigenvalue weighted by atomic mass is 19.4. The van der Waals surface area contributed by atoms with Crippen LogP contribution < -0.4 is 5.32 Å². The molecular weight excluding hydrogens is 473 g/mol. The summed E-state index contributed by atoms with van der Waals surface area (Å²) in [5, 5.41) is 16.6. The highest BCUT2D eigenvalue weighted by Crippen LogP contribution is 2.31. The topological polar surface area (TPSA) is 87.5 Å². The van der Waals surface area contributed by atoms with Gasteiger partial charge in [-0.25, -0.2) is 4.68 Å². The second-order valence-corrected chi connectivity index (χ2v) is 8.74. The molecule has 0 saturated carbocycles. The second kappa shape index (κ2) is 10.9. The number of nitrogens with zero attached hydrogens (tertiary/aromatic N) is 3. The molecule has 0 spiro atoms. The van der Waals surface area contributed by atoms with E-state index in [-0.39, 0.29) is 37.8 Å². The number of aromatic nitrogens is 2. The number of nitrogens with one attached hydrogen (secondary N) is 1. The Kier molecular flexibility index (Phi) is 7.73. The minimum absolute atomic E-state index is 0.0292. The summed E-state index contributed by atoms with van der Waals surface area (Å²) < 4.78 is 41.5. The van der Waals surface area contributed by atoms with Gasteiger partial charge in [0, 0.05) is 38.2 Å². The summed E-state index contributed by atoms with van der Waals surface area (Å²) in [5.41, 5.74) is -0.418. The van der Waals surface area contributed by atoms with E-state index in [1.807, 2.05) is 30.3 Å². The zero-order chi connectivity index (χ0) is 25.7. The molecule has 0 radical (unpaired) electrons. The van der Waals surface area contributed by atoms with Crippen molar-refractivity contribution in [2.24, 2.45) is 0 Å². The minimum atomic E-state index is -4.80. The molecule has 1 saturated heterocycles. The average molecular weight is 501 g/mol. The van der Waals surface area contributed by atoms with Crippen LogP contribution >= 0.6 is 0 Å². The van der Waals surface area contributed by atoms with E-state index in [0.29, 0.717) is 18.7 Å². The van der Waals surface area contributed by atoms with Crippen molar-refractivity contribution >= 4 is 11.8 Å². The van der Waals surface area contributed by atoms with Crippen LogP contribution in [0.3, 0.4) is 0 Å². The number of hydrogen-bond donors (Lipinski definition) is 2. The fourth-order valence-electron chi connectivity index (χ4n) is 4.40. The van der Waals surface area contributed by atoms with Crippen LogP contribution in [-0.2, 0) is 11.0 Å². The lowest BCUT2D eigenvalue weighted by molar-refractivity contribution is -0.141. The van der Waals surface area contributed by atoms with Gasteiger partial charge in [-0.15, -0.1) is 0 Å². The van der Waals surface area contributed by atoms with E-state index in [1.54, 1.807) is 35.2 Å². The van der Waals surface area contributed by atoms with Crippen LogP contribution in [-0.4, -0.2) is 57.3 Å². The lowest BCUT2D eigenvalue weighted by atomic mass is 9.87. The van der Waals surface area contributed by atoms with E-state index in [4.69, 9.17) is 0 Å². The van der Waals surface area contributed by atoms with Gasteiger partial charge in [-0.2, -0.15) is 18.3 Å². The predicted molar refractivity (Wildman–Crippen MR) is 127 cm³/mol. The SMILES string of the molecule is O=C(NCCCC(=O)N1CCC(c2ccccc2)C(O)C1)c1cn(-c2ccccc2)nc1C(F)(F)F. The van der Waals surface area contributed by atoms with Crippen molar-refractivity contribution in [1.29, 1.82) is 0 Å². The number of β-amino-alcohol motifs (C(OH)–C–C–N with tert-alkyl or cyclic N) is 1. The van der Waals surface area contributed by atoms with Gasteiger partial charge >= 0.3 is 6.18 Å². The van der Waals surface area contributed by atoms with Crippen LogP contribution in [0.5, 0.6) is 0 Å². The van der Waals surface area contributed by atoms with Crippen molar-refractivity contribution in [1.82, 2.24) is 20.0 Å². The monoisotopic (exact) mass is 500 g/mol. The molecule has 0 bridgehead atoms. The van der Waals surface area contributed by atoms with Crippen molar-refractivity contribution in [2.45, 2.75) is 37.5 Å². The van der Waals surface area contributed by atoms with Crippen molar-refractivity contribution < 1.29 is 27.9 Å². The highest BCUT2D eigenvalue weighted by Gasteiger charge is 2.39. The average Bonchev–Trinajstić information content (AvgIpc) is 3.34. The summed E-state index contributed by atoms with van der Waals surface area (Å²) in [5.74, 6) is -1.10. The normalized spacial score (nSPS) is 18.2. The number of para-hydroxylation sites is 1. The van der Waals surface area contributed by atoms with Crippen LogP contribution in [0.15, 0.2) is 66.9 Å². The third kappa shape index (κ3) is 5.93. The van der Waals surface area contributed by atoms with E-state index in [1.165, 1.54) is 0 Å². The molecule has 2 aromatic carbocycles. The molecule has 10 heteroatoms. The summed E-state index contributed by atoms with van der Waals surface area (Å²) in [4.78, 5) is 26.7. The van der Waals surface area contributed by atoms with Crippen LogP contribution in [0.25, 0.3) is 5.69 Å². The molecule has 2 amide bonds. The number of alkyl halides is 3. The number of rotatable bonds is 7. The number of carbonyl (C=O) groups is 2.